The van der Waals surface area contributed by atoms with Gasteiger partial charge in [-0.05, 0) is 34.6 Å². The van der Waals surface area contributed by atoms with Gasteiger partial charge in [0, 0.05) is 0 Å². The lowest BCUT2D eigenvalue weighted by Crippen LogP contribution is -2.10. The molecule has 0 aliphatic heterocycles. The Labute approximate surface area is 119 Å². The molecule has 2 heteroatoms. The van der Waals surface area contributed by atoms with Crippen LogP contribution in [0.3, 0.4) is 0 Å². The van der Waals surface area contributed by atoms with Gasteiger partial charge in [-0.1, -0.05) is 68.8 Å². The summed E-state index contributed by atoms with van der Waals surface area (Å²) in [4.78, 5) is 0. The van der Waals surface area contributed by atoms with Gasteiger partial charge in [0.1, 0.15) is 5.82 Å². The minimum Gasteiger partial charge on any atom is -0.205 e. The molecule has 0 nitrogen and oxygen atoms in total. The van der Waals surface area contributed by atoms with Crippen LogP contribution in [0, 0.1) is 5.82 Å². The Balaban J connectivity index is 2.23. The van der Waals surface area contributed by atoms with Crippen molar-refractivity contribution in [1.82, 2.24) is 0 Å². The molecule has 2 rings (SSSR count). The predicted octanol–water partition coefficient (Wildman–Crippen LogP) is 5.37. The van der Waals surface area contributed by atoms with Crippen LogP contribution in [0.2, 0.25) is 5.02 Å². The zero-order valence-corrected chi connectivity index (χ0v) is 12.3. The highest BCUT2D eigenvalue weighted by atomic mass is 35.5. The first-order valence-electron chi connectivity index (χ1n) is 6.40. The lowest BCUT2D eigenvalue weighted by atomic mass is 9.86. The molecule has 0 saturated carbocycles. The molecule has 0 radical (unpaired) electrons. The van der Waals surface area contributed by atoms with Crippen molar-refractivity contribution in [3.8, 4) is 0 Å². The van der Waals surface area contributed by atoms with Crippen molar-refractivity contribution in [3.05, 3.63) is 70.0 Å². The molecule has 0 N–H and O–H groups in total. The van der Waals surface area contributed by atoms with Crippen LogP contribution in [0.25, 0.3) is 0 Å². The number of hydrogen-bond donors (Lipinski definition) is 0. The maximum atomic E-state index is 13.4. The molecular formula is C17H18ClF. The van der Waals surface area contributed by atoms with E-state index in [0.29, 0.717) is 6.42 Å². The monoisotopic (exact) mass is 276 g/mol. The molecule has 0 bridgehead atoms. The van der Waals surface area contributed by atoms with Gasteiger partial charge in [-0.3, -0.25) is 0 Å². The van der Waals surface area contributed by atoms with Gasteiger partial charge in [0.15, 0.2) is 0 Å². The predicted molar refractivity (Wildman–Crippen MR) is 79.4 cm³/mol. The van der Waals surface area contributed by atoms with E-state index in [1.807, 2.05) is 6.07 Å². The van der Waals surface area contributed by atoms with E-state index >= 15 is 0 Å². The molecule has 2 aromatic rings. The maximum absolute atomic E-state index is 13.4. The average Bonchev–Trinajstić information content (AvgIpc) is 2.35. The minimum absolute atomic E-state index is 0.148. The number of benzene rings is 2. The fourth-order valence-corrected chi connectivity index (χ4v) is 2.22. The van der Waals surface area contributed by atoms with Crippen molar-refractivity contribution >= 4 is 11.6 Å². The van der Waals surface area contributed by atoms with E-state index in [2.05, 4.69) is 45.0 Å². The van der Waals surface area contributed by atoms with E-state index < -0.39 is 0 Å². The van der Waals surface area contributed by atoms with Gasteiger partial charge >= 0.3 is 0 Å². The van der Waals surface area contributed by atoms with Crippen molar-refractivity contribution < 1.29 is 4.39 Å². The Bertz CT molecular complexity index is 565. The van der Waals surface area contributed by atoms with Crippen molar-refractivity contribution in [2.75, 3.05) is 0 Å². The highest BCUT2D eigenvalue weighted by molar-refractivity contribution is 6.31. The van der Waals surface area contributed by atoms with Gasteiger partial charge in [0.05, 0.1) is 5.02 Å². The topological polar surface area (TPSA) is 0 Å². The summed E-state index contributed by atoms with van der Waals surface area (Å²) in [6.07, 6.45) is 0.654. The summed E-state index contributed by atoms with van der Waals surface area (Å²) in [6.45, 7) is 6.56. The van der Waals surface area contributed by atoms with Crippen molar-refractivity contribution in [2.45, 2.75) is 32.6 Å². The molecule has 0 spiro atoms. The molecule has 100 valence electrons. The van der Waals surface area contributed by atoms with Gasteiger partial charge < -0.3 is 0 Å². The Morgan fingerprint density at radius 3 is 2.21 bits per heavy atom. The molecule has 0 aliphatic rings. The summed E-state index contributed by atoms with van der Waals surface area (Å²) in [5.41, 5.74) is 3.40. The van der Waals surface area contributed by atoms with Crippen LogP contribution in [0.4, 0.5) is 4.39 Å². The van der Waals surface area contributed by atoms with Crippen LogP contribution in [0.5, 0.6) is 0 Å². The molecule has 0 amide bonds. The first-order chi connectivity index (χ1) is 8.88. The van der Waals surface area contributed by atoms with E-state index in [-0.39, 0.29) is 16.3 Å². The molecule has 0 unspecified atom stereocenters. The van der Waals surface area contributed by atoms with Crippen LogP contribution in [-0.2, 0) is 11.8 Å². The van der Waals surface area contributed by atoms with E-state index in [9.17, 15) is 4.39 Å². The molecule has 0 atom stereocenters. The van der Waals surface area contributed by atoms with Gasteiger partial charge in [-0.2, -0.15) is 0 Å². The molecular weight excluding hydrogens is 259 g/mol. The highest BCUT2D eigenvalue weighted by Crippen LogP contribution is 2.25. The van der Waals surface area contributed by atoms with Gasteiger partial charge in [0.25, 0.3) is 0 Å². The van der Waals surface area contributed by atoms with Crippen molar-refractivity contribution in [3.63, 3.8) is 0 Å². The standard InChI is InChI=1S/C17H18ClF/c1-17(2,3)14-9-7-12(8-10-14)11-13-5-4-6-15(19)16(13)18/h4-10H,11H2,1-3H3. The fourth-order valence-electron chi connectivity index (χ4n) is 2.03. The number of hydrogen-bond acceptors (Lipinski definition) is 0. The first-order valence-corrected chi connectivity index (χ1v) is 6.78. The summed E-state index contributed by atoms with van der Waals surface area (Å²) in [7, 11) is 0. The summed E-state index contributed by atoms with van der Waals surface area (Å²) in [5, 5.41) is 0.224. The second kappa shape index (κ2) is 5.34. The molecule has 0 heterocycles. The smallest absolute Gasteiger partial charge is 0.142 e. The Morgan fingerprint density at radius 1 is 1.00 bits per heavy atom. The van der Waals surface area contributed by atoms with Crippen LogP contribution in [0.15, 0.2) is 42.5 Å². The molecule has 2 aromatic carbocycles. The Kier molecular flexibility index (Phi) is 3.96. The van der Waals surface area contributed by atoms with Crippen molar-refractivity contribution in [2.24, 2.45) is 0 Å². The van der Waals surface area contributed by atoms with E-state index in [1.165, 1.54) is 11.6 Å². The lowest BCUT2D eigenvalue weighted by molar-refractivity contribution is 0.590. The van der Waals surface area contributed by atoms with Crippen LogP contribution >= 0.6 is 11.6 Å². The summed E-state index contributed by atoms with van der Waals surface area (Å²) in [6, 6.07) is 13.4. The van der Waals surface area contributed by atoms with Crippen molar-refractivity contribution in [1.29, 1.82) is 0 Å². The summed E-state index contributed by atoms with van der Waals surface area (Å²) < 4.78 is 13.4. The summed E-state index contributed by atoms with van der Waals surface area (Å²) >= 11 is 5.97. The number of halogens is 2. The van der Waals surface area contributed by atoms with E-state index in [0.717, 1.165) is 11.1 Å². The third kappa shape index (κ3) is 3.36. The maximum Gasteiger partial charge on any atom is 0.142 e. The molecule has 0 aromatic heterocycles. The van der Waals surface area contributed by atoms with E-state index in [4.69, 9.17) is 11.6 Å². The second-order valence-electron chi connectivity index (χ2n) is 5.84. The SMILES string of the molecule is CC(C)(C)c1ccc(Cc2cccc(F)c2Cl)cc1. The zero-order valence-electron chi connectivity index (χ0n) is 11.5. The first kappa shape index (κ1) is 14.1. The average molecular weight is 277 g/mol. The second-order valence-corrected chi connectivity index (χ2v) is 6.21. The Morgan fingerprint density at radius 2 is 1.63 bits per heavy atom. The molecule has 0 saturated heterocycles. The third-order valence-electron chi connectivity index (χ3n) is 3.25. The zero-order chi connectivity index (χ0) is 14.0. The summed E-state index contributed by atoms with van der Waals surface area (Å²) in [5.74, 6) is -0.356. The van der Waals surface area contributed by atoms with Gasteiger partial charge in [-0.25, -0.2) is 4.39 Å². The van der Waals surface area contributed by atoms with Gasteiger partial charge in [-0.15, -0.1) is 0 Å². The highest BCUT2D eigenvalue weighted by Gasteiger charge is 2.13. The molecule has 0 fully saturated rings. The third-order valence-corrected chi connectivity index (χ3v) is 3.67. The van der Waals surface area contributed by atoms with Gasteiger partial charge in [0.2, 0.25) is 0 Å². The lowest BCUT2D eigenvalue weighted by Gasteiger charge is -2.19. The minimum atomic E-state index is -0.356. The molecule has 0 aliphatic carbocycles. The normalized spacial score (nSPS) is 11.6. The van der Waals surface area contributed by atoms with Crippen LogP contribution in [0.1, 0.15) is 37.5 Å². The quantitative estimate of drug-likeness (QED) is 0.692. The van der Waals surface area contributed by atoms with Crippen LogP contribution in [-0.4, -0.2) is 0 Å². The largest absolute Gasteiger partial charge is 0.205 e. The number of rotatable bonds is 2. The van der Waals surface area contributed by atoms with E-state index in [1.54, 1.807) is 6.07 Å². The van der Waals surface area contributed by atoms with Crippen LogP contribution < -0.4 is 0 Å². The Hall–Kier alpha value is -1.34. The molecule has 19 heavy (non-hydrogen) atoms. The fraction of sp³-hybridized carbons (Fsp3) is 0.294.